The highest BCUT2D eigenvalue weighted by molar-refractivity contribution is 7.90. The number of halogens is 3. The van der Waals surface area contributed by atoms with Crippen LogP contribution < -0.4 is 4.72 Å². The Kier molecular flexibility index (Phi) is 8.82. The maximum Gasteiger partial charge on any atom is 0.416 e. The van der Waals surface area contributed by atoms with Gasteiger partial charge in [-0.25, -0.2) is 0 Å². The molecule has 1 heterocycles. The number of rotatable bonds is 12. The standard InChI is InChI=1S/C22H34F3N3O3S/c1-27(20-10-11-20)14-4-2-3-5-17-31-21-12-15-28(16-13-21)32(29,30)26-19-8-6-18(7-9-19)22(23,24)25/h6-9,20-21,26H,2-5,10-17H2,1H3. The van der Waals surface area contributed by atoms with E-state index < -0.39 is 21.9 Å². The van der Waals surface area contributed by atoms with E-state index >= 15 is 0 Å². The molecule has 3 rings (SSSR count). The van der Waals surface area contributed by atoms with Crippen molar-refractivity contribution in [3.63, 3.8) is 0 Å². The molecule has 6 nitrogen and oxygen atoms in total. The van der Waals surface area contributed by atoms with Crippen molar-refractivity contribution in [3.8, 4) is 0 Å². The summed E-state index contributed by atoms with van der Waals surface area (Å²) in [7, 11) is -1.61. The lowest BCUT2D eigenvalue weighted by Crippen LogP contribution is -2.43. The molecule has 0 aromatic heterocycles. The van der Waals surface area contributed by atoms with Crippen LogP contribution in [-0.4, -0.2) is 63.1 Å². The number of piperidine rings is 1. The van der Waals surface area contributed by atoms with E-state index in [4.69, 9.17) is 4.74 Å². The van der Waals surface area contributed by atoms with Crippen LogP contribution in [0.5, 0.6) is 0 Å². The zero-order chi connectivity index (χ0) is 23.2. The van der Waals surface area contributed by atoms with Crippen LogP contribution >= 0.6 is 0 Å². The molecule has 10 heteroatoms. The van der Waals surface area contributed by atoms with Crippen LogP contribution in [0.2, 0.25) is 0 Å². The van der Waals surface area contributed by atoms with Crippen LogP contribution in [-0.2, 0) is 21.1 Å². The fourth-order valence-corrected chi connectivity index (χ4v) is 5.20. The van der Waals surface area contributed by atoms with Gasteiger partial charge in [-0.1, -0.05) is 12.8 Å². The van der Waals surface area contributed by atoms with Crippen molar-refractivity contribution in [2.45, 2.75) is 69.7 Å². The van der Waals surface area contributed by atoms with Crippen LogP contribution in [0.25, 0.3) is 0 Å². The minimum Gasteiger partial charge on any atom is -0.378 e. The molecule has 1 aromatic carbocycles. The summed E-state index contributed by atoms with van der Waals surface area (Å²) < 4.78 is 72.6. The van der Waals surface area contributed by atoms with E-state index in [0.717, 1.165) is 43.1 Å². The van der Waals surface area contributed by atoms with Crippen molar-refractivity contribution in [1.29, 1.82) is 0 Å². The number of hydrogen-bond donors (Lipinski definition) is 1. The zero-order valence-corrected chi connectivity index (χ0v) is 19.4. The van der Waals surface area contributed by atoms with E-state index in [9.17, 15) is 21.6 Å². The van der Waals surface area contributed by atoms with Gasteiger partial charge in [0, 0.05) is 31.4 Å². The van der Waals surface area contributed by atoms with Crippen LogP contribution in [0.15, 0.2) is 24.3 Å². The van der Waals surface area contributed by atoms with Gasteiger partial charge in [-0.15, -0.1) is 0 Å². The van der Waals surface area contributed by atoms with Gasteiger partial charge < -0.3 is 9.64 Å². The fraction of sp³-hybridized carbons (Fsp3) is 0.727. The second-order valence-electron chi connectivity index (χ2n) is 8.78. The first-order chi connectivity index (χ1) is 15.1. The predicted molar refractivity (Wildman–Crippen MR) is 119 cm³/mol. The molecular formula is C22H34F3N3O3S. The molecule has 0 radical (unpaired) electrons. The minimum absolute atomic E-state index is 0.0496. The van der Waals surface area contributed by atoms with Crippen LogP contribution in [0.1, 0.15) is 56.9 Å². The fourth-order valence-electron chi connectivity index (χ4n) is 3.94. The number of hydrogen-bond acceptors (Lipinski definition) is 4. The van der Waals surface area contributed by atoms with E-state index in [1.165, 1.54) is 36.5 Å². The normalized spacial score (nSPS) is 18.9. The maximum atomic E-state index is 12.6. The zero-order valence-electron chi connectivity index (χ0n) is 18.6. The van der Waals surface area contributed by atoms with Crippen molar-refractivity contribution in [1.82, 2.24) is 9.21 Å². The lowest BCUT2D eigenvalue weighted by molar-refractivity contribution is -0.137. The SMILES string of the molecule is CN(CCCCCCOC1CCN(S(=O)(=O)Nc2ccc(C(F)(F)F)cc2)CC1)C1CC1. The highest BCUT2D eigenvalue weighted by Gasteiger charge is 2.31. The third-order valence-corrected chi connectivity index (χ3v) is 7.67. The predicted octanol–water partition coefficient (Wildman–Crippen LogP) is 4.50. The summed E-state index contributed by atoms with van der Waals surface area (Å²) >= 11 is 0. The monoisotopic (exact) mass is 477 g/mol. The van der Waals surface area contributed by atoms with Crippen molar-refractivity contribution in [2.24, 2.45) is 0 Å². The number of nitrogens with zero attached hydrogens (tertiary/aromatic N) is 2. The summed E-state index contributed by atoms with van der Waals surface area (Å²) in [6, 6.07) is 4.80. The van der Waals surface area contributed by atoms with E-state index in [1.807, 2.05) is 0 Å². The average Bonchev–Trinajstić information content (AvgIpc) is 3.58. The first kappa shape index (κ1) is 25.3. The molecule has 0 amide bonds. The van der Waals surface area contributed by atoms with Crippen molar-refractivity contribution < 1.29 is 26.3 Å². The molecular weight excluding hydrogens is 443 g/mol. The van der Waals surface area contributed by atoms with E-state index in [0.29, 0.717) is 32.5 Å². The third kappa shape index (κ3) is 7.90. The van der Waals surface area contributed by atoms with Gasteiger partial charge in [0.2, 0.25) is 0 Å². The molecule has 0 spiro atoms. The molecule has 2 aliphatic rings. The summed E-state index contributed by atoms with van der Waals surface area (Å²) in [4.78, 5) is 2.45. The second-order valence-corrected chi connectivity index (χ2v) is 10.4. The Balaban J connectivity index is 1.30. The molecule has 2 fully saturated rings. The van der Waals surface area contributed by atoms with Gasteiger partial charge in [0.15, 0.2) is 0 Å². The highest BCUT2D eigenvalue weighted by Crippen LogP contribution is 2.30. The Hall–Kier alpha value is -1.36. The number of nitrogens with one attached hydrogen (secondary N) is 1. The van der Waals surface area contributed by atoms with E-state index in [2.05, 4.69) is 16.7 Å². The highest BCUT2D eigenvalue weighted by atomic mass is 32.2. The summed E-state index contributed by atoms with van der Waals surface area (Å²) in [5.41, 5.74) is -0.705. The molecule has 0 unspecified atom stereocenters. The number of benzene rings is 1. The summed E-state index contributed by atoms with van der Waals surface area (Å²) in [5, 5.41) is 0. The van der Waals surface area contributed by atoms with Gasteiger partial charge in [-0.05, 0) is 76.4 Å². The van der Waals surface area contributed by atoms with E-state index in [-0.39, 0.29) is 11.8 Å². The van der Waals surface area contributed by atoms with Gasteiger partial charge in [-0.2, -0.15) is 25.9 Å². The maximum absolute atomic E-state index is 12.6. The van der Waals surface area contributed by atoms with Gasteiger partial charge >= 0.3 is 16.4 Å². The number of alkyl halides is 3. The van der Waals surface area contributed by atoms with E-state index in [1.54, 1.807) is 0 Å². The largest absolute Gasteiger partial charge is 0.416 e. The Morgan fingerprint density at radius 3 is 2.25 bits per heavy atom. The molecule has 1 aliphatic carbocycles. The Morgan fingerprint density at radius 2 is 1.66 bits per heavy atom. The van der Waals surface area contributed by atoms with Crippen LogP contribution in [0.3, 0.4) is 0 Å². The van der Waals surface area contributed by atoms with Crippen molar-refractivity contribution >= 4 is 15.9 Å². The summed E-state index contributed by atoms with van der Waals surface area (Å²) in [6.45, 7) is 2.51. The first-order valence-electron chi connectivity index (χ1n) is 11.4. The van der Waals surface area contributed by atoms with Gasteiger partial charge in [0.25, 0.3) is 0 Å². The lowest BCUT2D eigenvalue weighted by Gasteiger charge is -2.31. The molecule has 1 aromatic rings. The molecule has 1 saturated heterocycles. The summed E-state index contributed by atoms with van der Waals surface area (Å²) in [6.07, 6.45) is 4.08. The summed E-state index contributed by atoms with van der Waals surface area (Å²) in [5.74, 6) is 0. The molecule has 0 atom stereocenters. The number of unbranched alkanes of at least 4 members (excludes halogenated alkanes) is 3. The van der Waals surface area contributed by atoms with Crippen LogP contribution in [0, 0.1) is 0 Å². The smallest absolute Gasteiger partial charge is 0.378 e. The van der Waals surface area contributed by atoms with Crippen molar-refractivity contribution in [3.05, 3.63) is 29.8 Å². The van der Waals surface area contributed by atoms with Crippen LogP contribution in [0.4, 0.5) is 18.9 Å². The third-order valence-electron chi connectivity index (χ3n) is 6.13. The van der Waals surface area contributed by atoms with Crippen molar-refractivity contribution in [2.75, 3.05) is 38.0 Å². The quantitative estimate of drug-likeness (QED) is 0.451. The number of ether oxygens (including phenoxy) is 1. The topological polar surface area (TPSA) is 61.9 Å². The molecule has 182 valence electrons. The molecule has 1 saturated carbocycles. The second kappa shape index (κ2) is 11.2. The molecule has 32 heavy (non-hydrogen) atoms. The molecule has 0 bridgehead atoms. The Morgan fingerprint density at radius 1 is 1.03 bits per heavy atom. The number of anilines is 1. The Labute approximate surface area is 189 Å². The van der Waals surface area contributed by atoms with Gasteiger partial charge in [-0.3, -0.25) is 4.72 Å². The first-order valence-corrected chi connectivity index (χ1v) is 12.9. The average molecular weight is 478 g/mol. The van der Waals surface area contributed by atoms with Gasteiger partial charge in [0.05, 0.1) is 11.7 Å². The minimum atomic E-state index is -4.45. The lowest BCUT2D eigenvalue weighted by atomic mass is 10.1. The molecule has 1 aliphatic heterocycles. The molecule has 1 N–H and O–H groups in total. The Bertz CT molecular complexity index is 806. The van der Waals surface area contributed by atoms with Gasteiger partial charge in [0.1, 0.15) is 0 Å².